The summed E-state index contributed by atoms with van der Waals surface area (Å²) in [5.74, 6) is 0.497. The molecule has 3 heterocycles. The molecule has 0 atom stereocenters. The molecule has 0 saturated carbocycles. The second kappa shape index (κ2) is 8.92. The van der Waals surface area contributed by atoms with Crippen LogP contribution in [-0.2, 0) is 13.6 Å². The summed E-state index contributed by atoms with van der Waals surface area (Å²) in [6.45, 7) is 3.22. The van der Waals surface area contributed by atoms with Crippen LogP contribution in [0.1, 0.15) is 24.8 Å². The van der Waals surface area contributed by atoms with Crippen molar-refractivity contribution in [3.63, 3.8) is 0 Å². The fraction of sp³-hybridized carbons (Fsp3) is 0.292. The number of aryl methyl sites for hydroxylation is 1. The van der Waals surface area contributed by atoms with E-state index in [-0.39, 0.29) is 0 Å². The Balaban J connectivity index is 1.49. The van der Waals surface area contributed by atoms with Crippen LogP contribution in [0.4, 0.5) is 11.6 Å². The molecule has 5 rings (SSSR count). The molecule has 2 radical (unpaired) electrons. The van der Waals surface area contributed by atoms with E-state index >= 15 is 0 Å². The highest BCUT2D eigenvalue weighted by molar-refractivity contribution is 6.39. The van der Waals surface area contributed by atoms with Gasteiger partial charge in [-0.25, -0.2) is 9.97 Å². The van der Waals surface area contributed by atoms with E-state index in [1.165, 1.54) is 24.8 Å². The molecule has 0 bridgehead atoms. The van der Waals surface area contributed by atoms with Crippen molar-refractivity contribution >= 4 is 47.4 Å². The zero-order chi connectivity index (χ0) is 22.1. The van der Waals surface area contributed by atoms with Gasteiger partial charge < -0.3 is 5.32 Å². The van der Waals surface area contributed by atoms with Gasteiger partial charge in [-0.05, 0) is 61.3 Å². The number of likely N-dealkylation sites (tertiary alicyclic amines) is 1. The van der Waals surface area contributed by atoms with Gasteiger partial charge in [-0.2, -0.15) is 5.10 Å². The molecule has 0 spiro atoms. The molecule has 2 aromatic heterocycles. The molecule has 2 aromatic carbocycles. The number of benzene rings is 2. The van der Waals surface area contributed by atoms with Gasteiger partial charge in [-0.1, -0.05) is 29.6 Å². The number of rotatable bonds is 5. The Bertz CT molecular complexity index is 1260. The van der Waals surface area contributed by atoms with Gasteiger partial charge >= 0.3 is 0 Å². The van der Waals surface area contributed by atoms with Crippen molar-refractivity contribution < 1.29 is 0 Å². The molecule has 1 aliphatic heterocycles. The number of piperidine rings is 1. The van der Waals surface area contributed by atoms with Crippen LogP contribution in [0.3, 0.4) is 0 Å². The van der Waals surface area contributed by atoms with Crippen LogP contribution >= 0.6 is 11.6 Å². The summed E-state index contributed by atoms with van der Waals surface area (Å²) in [7, 11) is 7.82. The Morgan fingerprint density at radius 1 is 1.03 bits per heavy atom. The highest BCUT2D eigenvalue weighted by Gasteiger charge is 2.13. The highest BCUT2D eigenvalue weighted by atomic mass is 35.5. The summed E-state index contributed by atoms with van der Waals surface area (Å²) in [5, 5.41) is 9.04. The molecular weight excluding hydrogens is 419 g/mol. The van der Waals surface area contributed by atoms with Gasteiger partial charge in [0, 0.05) is 42.6 Å². The van der Waals surface area contributed by atoms with Crippen LogP contribution in [0.15, 0.2) is 48.9 Å². The predicted octanol–water partition coefficient (Wildman–Crippen LogP) is 4.21. The maximum absolute atomic E-state index is 6.37. The largest absolute Gasteiger partial charge is 0.324 e. The maximum Gasteiger partial charge on any atom is 0.227 e. The van der Waals surface area contributed by atoms with E-state index in [0.717, 1.165) is 41.8 Å². The molecule has 1 saturated heterocycles. The van der Waals surface area contributed by atoms with E-state index in [0.29, 0.717) is 22.0 Å². The molecule has 4 aromatic rings. The Hall–Kier alpha value is -2.90. The average Bonchev–Trinajstić information content (AvgIpc) is 3.21. The summed E-state index contributed by atoms with van der Waals surface area (Å²) < 4.78 is 1.82. The number of hydrogen-bond donors (Lipinski definition) is 1. The molecule has 1 aliphatic rings. The summed E-state index contributed by atoms with van der Waals surface area (Å²) >= 11 is 6.37. The Kier molecular flexibility index (Phi) is 5.85. The zero-order valence-corrected chi connectivity index (χ0v) is 18.8. The number of anilines is 2. The molecule has 1 N–H and O–H groups in total. The van der Waals surface area contributed by atoms with E-state index in [9.17, 15) is 0 Å². The van der Waals surface area contributed by atoms with Gasteiger partial charge in [0.25, 0.3) is 0 Å². The van der Waals surface area contributed by atoms with Crippen LogP contribution in [0.25, 0.3) is 22.0 Å². The molecular formula is C24H24BClN6. The van der Waals surface area contributed by atoms with Crippen molar-refractivity contribution in [2.75, 3.05) is 18.4 Å². The monoisotopic (exact) mass is 442 g/mol. The number of hydrogen-bond acceptors (Lipinski definition) is 5. The number of nitrogens with one attached hydrogen (secondary N) is 1. The van der Waals surface area contributed by atoms with Gasteiger partial charge in [-0.3, -0.25) is 9.58 Å². The number of aromatic nitrogens is 4. The van der Waals surface area contributed by atoms with Crippen molar-refractivity contribution in [3.05, 3.63) is 59.5 Å². The standard InChI is InChI=1S/C24H24BClN6/c1-31-15-19(13-28-31)17-7-16(14-32-5-3-2-4-6-32)8-21(10-17)29-24-27-12-18-9-20(25)11-22(26)23(18)30-24/h7-13,15H,2-6,14H2,1H3,(H,27,29,30). The number of fused-ring (bicyclic) bond motifs is 1. The minimum Gasteiger partial charge on any atom is -0.324 e. The van der Waals surface area contributed by atoms with Crippen molar-refractivity contribution in [2.24, 2.45) is 7.05 Å². The van der Waals surface area contributed by atoms with Crippen LogP contribution in [0.5, 0.6) is 0 Å². The zero-order valence-electron chi connectivity index (χ0n) is 18.1. The summed E-state index contributed by atoms with van der Waals surface area (Å²) in [4.78, 5) is 11.6. The molecule has 8 heteroatoms. The molecule has 0 aliphatic carbocycles. The van der Waals surface area contributed by atoms with Gasteiger partial charge in [0.15, 0.2) is 0 Å². The lowest BCUT2D eigenvalue weighted by molar-refractivity contribution is 0.221. The Morgan fingerprint density at radius 2 is 1.88 bits per heavy atom. The lowest BCUT2D eigenvalue weighted by Gasteiger charge is -2.26. The number of nitrogens with zero attached hydrogens (tertiary/aromatic N) is 5. The third-order valence-corrected chi connectivity index (χ3v) is 6.09. The number of halogens is 1. The van der Waals surface area contributed by atoms with Crippen LogP contribution < -0.4 is 10.8 Å². The van der Waals surface area contributed by atoms with Gasteiger partial charge in [0.05, 0.1) is 16.7 Å². The molecule has 0 unspecified atom stereocenters. The second-order valence-corrected chi connectivity index (χ2v) is 8.82. The summed E-state index contributed by atoms with van der Waals surface area (Å²) in [6, 6.07) is 10.1. The quantitative estimate of drug-likeness (QED) is 0.469. The van der Waals surface area contributed by atoms with E-state index in [4.69, 9.17) is 19.4 Å². The fourth-order valence-electron chi connectivity index (χ4n) is 4.28. The normalized spacial score (nSPS) is 14.7. The molecule has 32 heavy (non-hydrogen) atoms. The van der Waals surface area contributed by atoms with E-state index in [1.807, 2.05) is 30.2 Å². The maximum atomic E-state index is 6.37. The lowest BCUT2D eigenvalue weighted by Crippen LogP contribution is -2.29. The Labute approximate surface area is 194 Å². The van der Waals surface area contributed by atoms with Crippen molar-refractivity contribution in [1.29, 1.82) is 0 Å². The fourth-order valence-corrected chi connectivity index (χ4v) is 4.56. The molecule has 6 nitrogen and oxygen atoms in total. The SMILES string of the molecule is [B]c1cc(Cl)c2nc(Nc3cc(CN4CCCCC4)cc(-c4cnn(C)c4)c3)ncc2c1. The lowest BCUT2D eigenvalue weighted by atomic mass is 9.95. The first-order valence-electron chi connectivity index (χ1n) is 10.9. The van der Waals surface area contributed by atoms with E-state index in [1.54, 1.807) is 12.3 Å². The minimum atomic E-state index is 0.497. The third-order valence-electron chi connectivity index (χ3n) is 5.80. The Morgan fingerprint density at radius 3 is 2.66 bits per heavy atom. The van der Waals surface area contributed by atoms with E-state index < -0.39 is 0 Å². The van der Waals surface area contributed by atoms with Crippen LogP contribution in [0.2, 0.25) is 5.02 Å². The molecule has 1 fully saturated rings. The molecule has 0 amide bonds. The first-order chi connectivity index (χ1) is 15.5. The smallest absolute Gasteiger partial charge is 0.227 e. The minimum absolute atomic E-state index is 0.497. The predicted molar refractivity (Wildman–Crippen MR) is 131 cm³/mol. The van der Waals surface area contributed by atoms with Gasteiger partial charge in [0.2, 0.25) is 5.95 Å². The highest BCUT2D eigenvalue weighted by Crippen LogP contribution is 2.28. The van der Waals surface area contributed by atoms with Crippen molar-refractivity contribution in [2.45, 2.75) is 25.8 Å². The topological polar surface area (TPSA) is 58.9 Å². The third kappa shape index (κ3) is 4.64. The van der Waals surface area contributed by atoms with Gasteiger partial charge in [-0.15, -0.1) is 0 Å². The molecule has 160 valence electrons. The first-order valence-corrected chi connectivity index (χ1v) is 11.3. The summed E-state index contributed by atoms with van der Waals surface area (Å²) in [5.41, 5.74) is 5.65. The van der Waals surface area contributed by atoms with Crippen LogP contribution in [0, 0.1) is 0 Å². The van der Waals surface area contributed by atoms with Gasteiger partial charge in [0.1, 0.15) is 7.85 Å². The van der Waals surface area contributed by atoms with Crippen molar-refractivity contribution in [3.8, 4) is 11.1 Å². The van der Waals surface area contributed by atoms with Crippen LogP contribution in [-0.4, -0.2) is 45.6 Å². The van der Waals surface area contributed by atoms with Crippen molar-refractivity contribution in [1.82, 2.24) is 24.6 Å². The second-order valence-electron chi connectivity index (χ2n) is 8.42. The average molecular weight is 443 g/mol. The summed E-state index contributed by atoms with van der Waals surface area (Å²) in [6.07, 6.45) is 9.52. The van der Waals surface area contributed by atoms with E-state index in [2.05, 4.69) is 43.5 Å². The first kappa shape index (κ1) is 21.0.